The normalized spacial score (nSPS) is 31.2. The minimum Gasteiger partial charge on any atom is -0.339 e. The quantitative estimate of drug-likeness (QED) is 0.846. The van der Waals surface area contributed by atoms with Gasteiger partial charge in [0.1, 0.15) is 6.04 Å². The third-order valence-corrected chi connectivity index (χ3v) is 3.75. The highest BCUT2D eigenvalue weighted by atomic mass is 16.2. The Bertz CT molecular complexity index is 486. The topological polar surface area (TPSA) is 49.4 Å². The third-order valence-electron chi connectivity index (χ3n) is 3.75. The molecule has 0 spiro atoms. The molecule has 3 unspecified atom stereocenters. The van der Waals surface area contributed by atoms with E-state index in [9.17, 15) is 9.59 Å². The molecule has 18 heavy (non-hydrogen) atoms. The Hall–Kier alpha value is -1.84. The molecule has 4 nitrogen and oxygen atoms in total. The molecule has 1 saturated carbocycles. The second-order valence-electron chi connectivity index (χ2n) is 5.16. The van der Waals surface area contributed by atoms with Crippen LogP contribution in [0, 0.1) is 5.92 Å². The van der Waals surface area contributed by atoms with E-state index in [-0.39, 0.29) is 24.4 Å². The molecule has 1 aliphatic carbocycles. The third kappa shape index (κ3) is 1.88. The number of carbonyl (C=O) groups excluding carboxylic acids is 2. The van der Waals surface area contributed by atoms with Crippen molar-refractivity contribution in [3.8, 4) is 0 Å². The summed E-state index contributed by atoms with van der Waals surface area (Å²) in [6.45, 7) is 2.32. The predicted molar refractivity (Wildman–Crippen MR) is 66.6 cm³/mol. The van der Waals surface area contributed by atoms with Crippen molar-refractivity contribution in [2.24, 2.45) is 5.92 Å². The molecule has 0 radical (unpaired) electrons. The lowest BCUT2D eigenvalue weighted by Gasteiger charge is -2.33. The van der Waals surface area contributed by atoms with Gasteiger partial charge in [0.05, 0.1) is 6.54 Å². The highest BCUT2D eigenvalue weighted by molar-refractivity contribution is 5.95. The molecular weight excluding hydrogens is 228 g/mol. The van der Waals surface area contributed by atoms with E-state index >= 15 is 0 Å². The first kappa shape index (κ1) is 11.3. The molecule has 3 rings (SSSR count). The van der Waals surface area contributed by atoms with Crippen molar-refractivity contribution in [2.45, 2.75) is 25.4 Å². The van der Waals surface area contributed by atoms with Crippen LogP contribution in [0.4, 0.5) is 0 Å². The monoisotopic (exact) mass is 244 g/mol. The Morgan fingerprint density at radius 3 is 2.50 bits per heavy atom. The number of rotatable bonds is 2. The van der Waals surface area contributed by atoms with Gasteiger partial charge in [0.25, 0.3) is 5.91 Å². The van der Waals surface area contributed by atoms with Crippen molar-refractivity contribution < 1.29 is 9.59 Å². The molecule has 4 heteroatoms. The lowest BCUT2D eigenvalue weighted by Crippen LogP contribution is -2.54. The standard InChI is InChI=1S/C14H16N2O2/c1-9-7-11(9)16-8-12(17)15-13(14(16)18)10-5-3-2-4-6-10/h2-6,9,11,13H,7-8H2,1H3,(H,15,17). The number of piperazine rings is 1. The zero-order chi connectivity index (χ0) is 12.7. The molecular formula is C14H16N2O2. The minimum absolute atomic E-state index is 0.0233. The van der Waals surface area contributed by atoms with Crippen LogP contribution in [0.25, 0.3) is 0 Å². The van der Waals surface area contributed by atoms with Gasteiger partial charge in [-0.2, -0.15) is 0 Å². The van der Waals surface area contributed by atoms with Crippen LogP contribution in [-0.4, -0.2) is 29.3 Å². The first-order valence-electron chi connectivity index (χ1n) is 6.31. The number of hydrogen-bond acceptors (Lipinski definition) is 2. The Kier molecular flexibility index (Phi) is 2.58. The highest BCUT2D eigenvalue weighted by Gasteiger charge is 2.45. The lowest BCUT2D eigenvalue weighted by atomic mass is 10.0. The van der Waals surface area contributed by atoms with Crippen molar-refractivity contribution in [3.63, 3.8) is 0 Å². The molecule has 1 saturated heterocycles. The van der Waals surface area contributed by atoms with Crippen molar-refractivity contribution in [2.75, 3.05) is 6.54 Å². The number of nitrogens with one attached hydrogen (secondary N) is 1. The minimum atomic E-state index is -0.514. The molecule has 1 N–H and O–H groups in total. The summed E-state index contributed by atoms with van der Waals surface area (Å²) >= 11 is 0. The van der Waals surface area contributed by atoms with Gasteiger partial charge in [0.2, 0.25) is 5.91 Å². The largest absolute Gasteiger partial charge is 0.339 e. The Balaban J connectivity index is 1.86. The fourth-order valence-electron chi connectivity index (χ4n) is 2.56. The summed E-state index contributed by atoms with van der Waals surface area (Å²) in [7, 11) is 0. The predicted octanol–water partition coefficient (Wildman–Crippen LogP) is 1.09. The van der Waals surface area contributed by atoms with Gasteiger partial charge in [-0.1, -0.05) is 37.3 Å². The van der Waals surface area contributed by atoms with Crippen LogP contribution in [0.5, 0.6) is 0 Å². The Morgan fingerprint density at radius 2 is 1.89 bits per heavy atom. The van der Waals surface area contributed by atoms with E-state index in [1.54, 1.807) is 4.90 Å². The zero-order valence-corrected chi connectivity index (χ0v) is 10.3. The average Bonchev–Trinajstić information content (AvgIpc) is 3.10. The molecule has 2 amide bonds. The summed E-state index contributed by atoms with van der Waals surface area (Å²) in [4.78, 5) is 25.9. The summed E-state index contributed by atoms with van der Waals surface area (Å²) in [6, 6.07) is 9.17. The Labute approximate surface area is 106 Å². The van der Waals surface area contributed by atoms with E-state index in [4.69, 9.17) is 0 Å². The number of hydrogen-bond donors (Lipinski definition) is 1. The molecule has 2 aliphatic rings. The molecule has 94 valence electrons. The smallest absolute Gasteiger partial charge is 0.250 e. The maximum absolute atomic E-state index is 12.4. The molecule has 1 aliphatic heterocycles. The maximum Gasteiger partial charge on any atom is 0.250 e. The van der Waals surface area contributed by atoms with Gasteiger partial charge in [-0.15, -0.1) is 0 Å². The molecule has 1 aromatic rings. The van der Waals surface area contributed by atoms with E-state index in [0.717, 1.165) is 12.0 Å². The second-order valence-corrected chi connectivity index (χ2v) is 5.16. The number of amides is 2. The van der Waals surface area contributed by atoms with E-state index in [1.165, 1.54) is 0 Å². The van der Waals surface area contributed by atoms with Crippen LogP contribution in [0.1, 0.15) is 24.9 Å². The van der Waals surface area contributed by atoms with Crippen molar-refractivity contribution in [1.82, 2.24) is 10.2 Å². The fraction of sp³-hybridized carbons (Fsp3) is 0.429. The summed E-state index contributed by atoms with van der Waals surface area (Å²) in [5.41, 5.74) is 0.855. The van der Waals surface area contributed by atoms with Crippen LogP contribution < -0.4 is 5.32 Å². The van der Waals surface area contributed by atoms with Gasteiger partial charge in [-0.05, 0) is 17.9 Å². The Morgan fingerprint density at radius 1 is 1.22 bits per heavy atom. The molecule has 0 bridgehead atoms. The molecule has 1 aromatic carbocycles. The number of carbonyl (C=O) groups is 2. The van der Waals surface area contributed by atoms with Gasteiger partial charge < -0.3 is 10.2 Å². The van der Waals surface area contributed by atoms with E-state index in [1.807, 2.05) is 30.3 Å². The SMILES string of the molecule is CC1CC1N1CC(=O)NC(c2ccccc2)C1=O. The summed E-state index contributed by atoms with van der Waals surface area (Å²) in [5, 5.41) is 2.78. The second kappa shape index (κ2) is 4.12. The van der Waals surface area contributed by atoms with Gasteiger partial charge >= 0.3 is 0 Å². The first-order valence-corrected chi connectivity index (χ1v) is 6.31. The highest BCUT2D eigenvalue weighted by Crippen LogP contribution is 2.37. The van der Waals surface area contributed by atoms with Crippen LogP contribution >= 0.6 is 0 Å². The zero-order valence-electron chi connectivity index (χ0n) is 10.3. The van der Waals surface area contributed by atoms with Gasteiger partial charge in [0.15, 0.2) is 0 Å². The van der Waals surface area contributed by atoms with E-state index in [2.05, 4.69) is 12.2 Å². The maximum atomic E-state index is 12.4. The van der Waals surface area contributed by atoms with Crippen LogP contribution in [0.3, 0.4) is 0 Å². The van der Waals surface area contributed by atoms with Crippen molar-refractivity contribution >= 4 is 11.8 Å². The molecule has 2 fully saturated rings. The summed E-state index contributed by atoms with van der Waals surface area (Å²) in [5.74, 6) is 0.481. The van der Waals surface area contributed by atoms with Crippen molar-refractivity contribution in [3.05, 3.63) is 35.9 Å². The fourth-order valence-corrected chi connectivity index (χ4v) is 2.56. The van der Waals surface area contributed by atoms with Gasteiger partial charge in [0, 0.05) is 6.04 Å². The average molecular weight is 244 g/mol. The molecule has 3 atom stereocenters. The van der Waals surface area contributed by atoms with E-state index < -0.39 is 6.04 Å². The lowest BCUT2D eigenvalue weighted by molar-refractivity contribution is -0.145. The summed E-state index contributed by atoms with van der Waals surface area (Å²) < 4.78 is 0. The van der Waals surface area contributed by atoms with Crippen LogP contribution in [-0.2, 0) is 9.59 Å². The number of benzene rings is 1. The van der Waals surface area contributed by atoms with Gasteiger partial charge in [-0.25, -0.2) is 0 Å². The summed E-state index contributed by atoms with van der Waals surface area (Å²) in [6.07, 6.45) is 1.01. The number of nitrogens with zero attached hydrogens (tertiary/aromatic N) is 1. The molecule has 0 aromatic heterocycles. The van der Waals surface area contributed by atoms with Crippen molar-refractivity contribution in [1.29, 1.82) is 0 Å². The van der Waals surface area contributed by atoms with E-state index in [0.29, 0.717) is 5.92 Å². The van der Waals surface area contributed by atoms with Crippen LogP contribution in [0.15, 0.2) is 30.3 Å². The van der Waals surface area contributed by atoms with Crippen LogP contribution in [0.2, 0.25) is 0 Å². The van der Waals surface area contributed by atoms with Gasteiger partial charge in [-0.3, -0.25) is 9.59 Å². The molecule has 1 heterocycles. The first-order chi connectivity index (χ1) is 8.66.